The molecule has 0 bridgehead atoms. The zero-order chi connectivity index (χ0) is 9.80. The Bertz CT molecular complexity index is 290. The van der Waals surface area contributed by atoms with Crippen molar-refractivity contribution in [3.05, 3.63) is 22.4 Å². The lowest BCUT2D eigenvalue weighted by molar-refractivity contribution is -0.127. The molecular formula is C11H15NOS. The Labute approximate surface area is 88.3 Å². The van der Waals surface area contributed by atoms with Crippen molar-refractivity contribution < 1.29 is 4.79 Å². The van der Waals surface area contributed by atoms with E-state index in [1.807, 2.05) is 6.07 Å². The highest BCUT2D eigenvalue weighted by atomic mass is 32.1. The first-order valence-corrected chi connectivity index (χ1v) is 6.04. The molecule has 76 valence electrons. The standard InChI is InChI=1S/C11H15NOS/c13-11(9-3-1-4-9)12-7-6-10-5-2-8-14-10/h2,5,8-9H,1,3-4,6-7H2,(H,12,13). The van der Waals surface area contributed by atoms with Crippen LogP contribution >= 0.6 is 11.3 Å². The topological polar surface area (TPSA) is 29.1 Å². The number of hydrogen-bond donors (Lipinski definition) is 1. The summed E-state index contributed by atoms with van der Waals surface area (Å²) >= 11 is 1.75. The van der Waals surface area contributed by atoms with Gasteiger partial charge in [0.05, 0.1) is 0 Å². The molecule has 1 amide bonds. The van der Waals surface area contributed by atoms with Crippen molar-refractivity contribution in [2.75, 3.05) is 6.54 Å². The number of amides is 1. The van der Waals surface area contributed by atoms with Gasteiger partial charge in [0.1, 0.15) is 0 Å². The van der Waals surface area contributed by atoms with Crippen LogP contribution in [0.25, 0.3) is 0 Å². The Morgan fingerprint density at radius 2 is 2.43 bits per heavy atom. The van der Waals surface area contributed by atoms with Gasteiger partial charge in [-0.05, 0) is 30.7 Å². The molecule has 1 N–H and O–H groups in total. The maximum Gasteiger partial charge on any atom is 0.223 e. The van der Waals surface area contributed by atoms with Crippen LogP contribution in [0.15, 0.2) is 17.5 Å². The summed E-state index contributed by atoms with van der Waals surface area (Å²) in [6, 6.07) is 4.16. The summed E-state index contributed by atoms with van der Waals surface area (Å²) in [5.74, 6) is 0.575. The lowest BCUT2D eigenvalue weighted by Crippen LogP contribution is -2.35. The third kappa shape index (κ3) is 2.35. The van der Waals surface area contributed by atoms with Crippen molar-refractivity contribution in [1.29, 1.82) is 0 Å². The molecule has 2 rings (SSSR count). The van der Waals surface area contributed by atoms with E-state index in [0.29, 0.717) is 5.92 Å². The van der Waals surface area contributed by atoms with Gasteiger partial charge in [-0.1, -0.05) is 12.5 Å². The first-order chi connectivity index (χ1) is 6.86. The van der Waals surface area contributed by atoms with Gasteiger partial charge in [-0.25, -0.2) is 0 Å². The Morgan fingerprint density at radius 1 is 1.57 bits per heavy atom. The Kier molecular flexibility index (Phi) is 3.19. The average molecular weight is 209 g/mol. The molecule has 0 aliphatic heterocycles. The quantitative estimate of drug-likeness (QED) is 0.809. The summed E-state index contributed by atoms with van der Waals surface area (Å²) in [6.07, 6.45) is 4.37. The molecule has 1 heterocycles. The number of thiophene rings is 1. The molecule has 3 heteroatoms. The summed E-state index contributed by atoms with van der Waals surface area (Å²) in [7, 11) is 0. The van der Waals surface area contributed by atoms with Crippen LogP contribution < -0.4 is 5.32 Å². The normalized spacial score (nSPS) is 16.3. The average Bonchev–Trinajstić information content (AvgIpc) is 2.53. The van der Waals surface area contributed by atoms with E-state index in [2.05, 4.69) is 16.8 Å². The summed E-state index contributed by atoms with van der Waals surface area (Å²) in [5.41, 5.74) is 0. The SMILES string of the molecule is O=C(NCCc1cccs1)C1CCC1. The molecule has 0 spiro atoms. The molecule has 1 fully saturated rings. The predicted molar refractivity (Wildman–Crippen MR) is 58.4 cm³/mol. The molecule has 1 saturated carbocycles. The smallest absolute Gasteiger partial charge is 0.223 e. The summed E-state index contributed by atoms with van der Waals surface area (Å²) in [4.78, 5) is 12.8. The van der Waals surface area contributed by atoms with Crippen molar-refractivity contribution in [2.24, 2.45) is 5.92 Å². The Hall–Kier alpha value is -0.830. The van der Waals surface area contributed by atoms with Crippen molar-refractivity contribution in [1.82, 2.24) is 5.32 Å². The first-order valence-electron chi connectivity index (χ1n) is 5.16. The number of hydrogen-bond acceptors (Lipinski definition) is 2. The Morgan fingerprint density at radius 3 is 3.00 bits per heavy atom. The molecule has 0 unspecified atom stereocenters. The lowest BCUT2D eigenvalue weighted by atomic mass is 9.85. The molecule has 1 aliphatic carbocycles. The largest absolute Gasteiger partial charge is 0.356 e. The predicted octanol–water partition coefficient (Wildman–Crippen LogP) is 2.21. The van der Waals surface area contributed by atoms with E-state index in [4.69, 9.17) is 0 Å². The molecule has 0 radical (unpaired) electrons. The monoisotopic (exact) mass is 209 g/mol. The van der Waals surface area contributed by atoms with Crippen LogP contribution in [0.1, 0.15) is 24.1 Å². The fourth-order valence-electron chi connectivity index (χ4n) is 1.58. The van der Waals surface area contributed by atoms with Crippen molar-refractivity contribution in [2.45, 2.75) is 25.7 Å². The molecule has 1 aromatic heterocycles. The third-order valence-corrected chi connectivity index (χ3v) is 3.66. The van der Waals surface area contributed by atoms with Crippen LogP contribution in [-0.2, 0) is 11.2 Å². The minimum absolute atomic E-state index is 0.257. The highest BCUT2D eigenvalue weighted by Crippen LogP contribution is 2.26. The van der Waals surface area contributed by atoms with Crippen molar-refractivity contribution in [3.63, 3.8) is 0 Å². The molecule has 1 aromatic rings. The van der Waals surface area contributed by atoms with Gasteiger partial charge in [-0.15, -0.1) is 11.3 Å². The molecular weight excluding hydrogens is 194 g/mol. The van der Waals surface area contributed by atoms with Gasteiger partial charge in [0.15, 0.2) is 0 Å². The number of rotatable bonds is 4. The second-order valence-corrected chi connectivity index (χ2v) is 4.78. The van der Waals surface area contributed by atoms with Gasteiger partial charge in [-0.2, -0.15) is 0 Å². The van der Waals surface area contributed by atoms with Crippen LogP contribution in [0.2, 0.25) is 0 Å². The van der Waals surface area contributed by atoms with Gasteiger partial charge in [-0.3, -0.25) is 4.79 Å². The van der Waals surface area contributed by atoms with Gasteiger partial charge >= 0.3 is 0 Å². The highest BCUT2D eigenvalue weighted by molar-refractivity contribution is 7.09. The summed E-state index contributed by atoms with van der Waals surface area (Å²) in [6.45, 7) is 0.788. The molecule has 0 saturated heterocycles. The molecule has 1 aliphatic rings. The van der Waals surface area contributed by atoms with E-state index in [9.17, 15) is 4.79 Å². The zero-order valence-electron chi connectivity index (χ0n) is 8.16. The molecule has 14 heavy (non-hydrogen) atoms. The first kappa shape index (κ1) is 9.71. The van der Waals surface area contributed by atoms with E-state index in [1.54, 1.807) is 11.3 Å². The van der Waals surface area contributed by atoms with Crippen molar-refractivity contribution >= 4 is 17.2 Å². The van der Waals surface area contributed by atoms with Crippen molar-refractivity contribution in [3.8, 4) is 0 Å². The molecule has 2 nitrogen and oxygen atoms in total. The molecule has 0 atom stereocenters. The number of nitrogens with one attached hydrogen (secondary N) is 1. The van der Waals surface area contributed by atoms with Gasteiger partial charge in [0, 0.05) is 17.3 Å². The minimum Gasteiger partial charge on any atom is -0.356 e. The third-order valence-electron chi connectivity index (χ3n) is 2.73. The van der Waals surface area contributed by atoms with Crippen LogP contribution in [-0.4, -0.2) is 12.5 Å². The second kappa shape index (κ2) is 4.60. The van der Waals surface area contributed by atoms with Gasteiger partial charge in [0.25, 0.3) is 0 Å². The highest BCUT2D eigenvalue weighted by Gasteiger charge is 2.24. The van der Waals surface area contributed by atoms with E-state index in [0.717, 1.165) is 25.8 Å². The zero-order valence-corrected chi connectivity index (χ0v) is 8.98. The fraction of sp³-hybridized carbons (Fsp3) is 0.545. The Balaban J connectivity index is 1.65. The maximum absolute atomic E-state index is 11.4. The van der Waals surface area contributed by atoms with Crippen LogP contribution in [0, 0.1) is 5.92 Å². The van der Waals surface area contributed by atoms with E-state index >= 15 is 0 Å². The summed E-state index contributed by atoms with van der Waals surface area (Å²) in [5, 5.41) is 5.06. The minimum atomic E-state index is 0.257. The summed E-state index contributed by atoms with van der Waals surface area (Å²) < 4.78 is 0. The second-order valence-electron chi connectivity index (χ2n) is 3.75. The van der Waals surface area contributed by atoms with Crippen LogP contribution in [0.3, 0.4) is 0 Å². The van der Waals surface area contributed by atoms with Gasteiger partial charge in [0.2, 0.25) is 5.91 Å². The lowest BCUT2D eigenvalue weighted by Gasteiger charge is -2.23. The van der Waals surface area contributed by atoms with Crippen LogP contribution in [0.4, 0.5) is 0 Å². The van der Waals surface area contributed by atoms with E-state index in [-0.39, 0.29) is 5.91 Å². The molecule has 0 aromatic carbocycles. The maximum atomic E-state index is 11.4. The van der Waals surface area contributed by atoms with E-state index < -0.39 is 0 Å². The fourth-order valence-corrected chi connectivity index (χ4v) is 2.29. The number of carbonyl (C=O) groups excluding carboxylic acids is 1. The number of carbonyl (C=O) groups is 1. The van der Waals surface area contributed by atoms with Crippen LogP contribution in [0.5, 0.6) is 0 Å². The van der Waals surface area contributed by atoms with E-state index in [1.165, 1.54) is 11.3 Å². The van der Waals surface area contributed by atoms with Gasteiger partial charge < -0.3 is 5.32 Å².